The molecular formula is C13H19N. The molecule has 14 heavy (non-hydrogen) atoms. The molecule has 1 aliphatic carbocycles. The van der Waals surface area contributed by atoms with Gasteiger partial charge in [0.2, 0.25) is 0 Å². The van der Waals surface area contributed by atoms with Gasteiger partial charge in [0, 0.05) is 12.2 Å². The summed E-state index contributed by atoms with van der Waals surface area (Å²) >= 11 is 0. The monoisotopic (exact) mass is 189 g/mol. The number of rotatable bonds is 3. The predicted octanol–water partition coefficient (Wildman–Crippen LogP) is 3.52. The minimum atomic E-state index is 0.927. The van der Waals surface area contributed by atoms with Gasteiger partial charge in [0.1, 0.15) is 0 Å². The SMILES string of the molecule is Cc1ccc(NCC2CCC2)cc1C. The van der Waals surface area contributed by atoms with Crippen LogP contribution in [0.25, 0.3) is 0 Å². The van der Waals surface area contributed by atoms with Crippen molar-refractivity contribution < 1.29 is 0 Å². The number of nitrogens with one attached hydrogen (secondary N) is 1. The van der Waals surface area contributed by atoms with Crippen LogP contribution in [0.1, 0.15) is 30.4 Å². The molecule has 0 radical (unpaired) electrons. The average Bonchev–Trinajstić information content (AvgIpc) is 2.08. The van der Waals surface area contributed by atoms with E-state index < -0.39 is 0 Å². The van der Waals surface area contributed by atoms with Gasteiger partial charge in [-0.1, -0.05) is 12.5 Å². The minimum absolute atomic E-state index is 0.927. The highest BCUT2D eigenvalue weighted by atomic mass is 14.9. The summed E-state index contributed by atoms with van der Waals surface area (Å²) in [4.78, 5) is 0. The van der Waals surface area contributed by atoms with Gasteiger partial charge in [0.05, 0.1) is 0 Å². The summed E-state index contributed by atoms with van der Waals surface area (Å²) in [6, 6.07) is 6.62. The third-order valence-corrected chi connectivity index (χ3v) is 3.33. The van der Waals surface area contributed by atoms with E-state index in [9.17, 15) is 0 Å². The largest absolute Gasteiger partial charge is 0.385 e. The molecule has 0 unspecified atom stereocenters. The molecule has 1 nitrogen and oxygen atoms in total. The quantitative estimate of drug-likeness (QED) is 0.767. The Bertz CT molecular complexity index is 313. The molecule has 0 heterocycles. The lowest BCUT2D eigenvalue weighted by atomic mass is 9.85. The lowest BCUT2D eigenvalue weighted by Crippen LogP contribution is -2.20. The third kappa shape index (κ3) is 2.09. The van der Waals surface area contributed by atoms with Gasteiger partial charge in [-0.2, -0.15) is 0 Å². The average molecular weight is 189 g/mol. The van der Waals surface area contributed by atoms with Crippen LogP contribution < -0.4 is 5.32 Å². The Balaban J connectivity index is 1.91. The van der Waals surface area contributed by atoms with E-state index in [0.29, 0.717) is 0 Å². The maximum absolute atomic E-state index is 3.51. The van der Waals surface area contributed by atoms with Crippen molar-refractivity contribution in [2.75, 3.05) is 11.9 Å². The highest BCUT2D eigenvalue weighted by Crippen LogP contribution is 2.26. The molecule has 1 heteroatoms. The van der Waals surface area contributed by atoms with Crippen molar-refractivity contribution in [3.63, 3.8) is 0 Å². The summed E-state index contributed by atoms with van der Waals surface area (Å²) in [6.07, 6.45) is 4.26. The van der Waals surface area contributed by atoms with E-state index in [-0.39, 0.29) is 0 Å². The standard InChI is InChI=1S/C13H19N/c1-10-6-7-13(8-11(10)2)14-9-12-4-3-5-12/h6-8,12,14H,3-5,9H2,1-2H3. The molecule has 1 aromatic carbocycles. The second-order valence-electron chi connectivity index (χ2n) is 4.48. The molecule has 1 aliphatic rings. The molecule has 1 fully saturated rings. The smallest absolute Gasteiger partial charge is 0.0343 e. The Labute approximate surface area is 86.5 Å². The Morgan fingerprint density at radius 2 is 2.00 bits per heavy atom. The van der Waals surface area contributed by atoms with Crippen LogP contribution in [0.4, 0.5) is 5.69 Å². The summed E-state index contributed by atoms with van der Waals surface area (Å²) < 4.78 is 0. The first kappa shape index (κ1) is 9.57. The van der Waals surface area contributed by atoms with Crippen molar-refractivity contribution in [2.45, 2.75) is 33.1 Å². The summed E-state index contributed by atoms with van der Waals surface area (Å²) in [5.41, 5.74) is 4.03. The second kappa shape index (κ2) is 4.04. The first-order chi connectivity index (χ1) is 6.75. The molecule has 0 bridgehead atoms. The van der Waals surface area contributed by atoms with E-state index in [2.05, 4.69) is 37.4 Å². The summed E-state index contributed by atoms with van der Waals surface area (Å²) in [7, 11) is 0. The van der Waals surface area contributed by atoms with Gasteiger partial charge in [-0.05, 0) is 55.9 Å². The molecule has 2 rings (SSSR count). The molecule has 1 aromatic rings. The summed E-state index contributed by atoms with van der Waals surface area (Å²) in [5.74, 6) is 0.927. The predicted molar refractivity (Wildman–Crippen MR) is 61.7 cm³/mol. The van der Waals surface area contributed by atoms with Crippen molar-refractivity contribution in [3.05, 3.63) is 29.3 Å². The van der Waals surface area contributed by atoms with E-state index in [0.717, 1.165) is 12.5 Å². The molecular weight excluding hydrogens is 170 g/mol. The summed E-state index contributed by atoms with van der Waals surface area (Å²) in [5, 5.41) is 3.51. The molecule has 1 saturated carbocycles. The lowest BCUT2D eigenvalue weighted by Gasteiger charge is -2.26. The Morgan fingerprint density at radius 1 is 1.21 bits per heavy atom. The Kier molecular flexibility index (Phi) is 2.76. The highest BCUT2D eigenvalue weighted by molar-refractivity contribution is 5.48. The van der Waals surface area contributed by atoms with Crippen molar-refractivity contribution in [1.82, 2.24) is 0 Å². The van der Waals surface area contributed by atoms with Crippen LogP contribution in [0.5, 0.6) is 0 Å². The van der Waals surface area contributed by atoms with E-state index >= 15 is 0 Å². The van der Waals surface area contributed by atoms with Crippen LogP contribution in [0.15, 0.2) is 18.2 Å². The van der Waals surface area contributed by atoms with Crippen LogP contribution >= 0.6 is 0 Å². The number of hydrogen-bond donors (Lipinski definition) is 1. The molecule has 1 N–H and O–H groups in total. The van der Waals surface area contributed by atoms with Gasteiger partial charge in [0.15, 0.2) is 0 Å². The third-order valence-electron chi connectivity index (χ3n) is 3.33. The maximum atomic E-state index is 3.51. The van der Waals surface area contributed by atoms with E-state index in [1.807, 2.05) is 0 Å². The fraction of sp³-hybridized carbons (Fsp3) is 0.538. The topological polar surface area (TPSA) is 12.0 Å². The number of hydrogen-bond acceptors (Lipinski definition) is 1. The van der Waals surface area contributed by atoms with Gasteiger partial charge < -0.3 is 5.32 Å². The first-order valence-electron chi connectivity index (χ1n) is 5.57. The van der Waals surface area contributed by atoms with Crippen molar-refractivity contribution in [1.29, 1.82) is 0 Å². The molecule has 0 atom stereocenters. The van der Waals surface area contributed by atoms with Crippen LogP contribution in [-0.4, -0.2) is 6.54 Å². The minimum Gasteiger partial charge on any atom is -0.385 e. The van der Waals surface area contributed by atoms with E-state index in [1.54, 1.807) is 0 Å². The van der Waals surface area contributed by atoms with Crippen molar-refractivity contribution >= 4 is 5.69 Å². The number of anilines is 1. The zero-order chi connectivity index (χ0) is 9.97. The fourth-order valence-electron chi connectivity index (χ4n) is 1.81. The number of benzene rings is 1. The number of aryl methyl sites for hydroxylation is 2. The van der Waals surface area contributed by atoms with Crippen LogP contribution in [-0.2, 0) is 0 Å². The fourth-order valence-corrected chi connectivity index (χ4v) is 1.81. The van der Waals surface area contributed by atoms with Crippen molar-refractivity contribution in [2.24, 2.45) is 5.92 Å². The van der Waals surface area contributed by atoms with E-state index in [4.69, 9.17) is 0 Å². The van der Waals surface area contributed by atoms with Gasteiger partial charge in [-0.3, -0.25) is 0 Å². The van der Waals surface area contributed by atoms with Gasteiger partial charge in [-0.15, -0.1) is 0 Å². The van der Waals surface area contributed by atoms with Gasteiger partial charge in [-0.25, -0.2) is 0 Å². The van der Waals surface area contributed by atoms with Crippen LogP contribution in [0.3, 0.4) is 0 Å². The molecule has 0 saturated heterocycles. The Hall–Kier alpha value is -0.980. The first-order valence-corrected chi connectivity index (χ1v) is 5.57. The van der Waals surface area contributed by atoms with Crippen molar-refractivity contribution in [3.8, 4) is 0 Å². The van der Waals surface area contributed by atoms with E-state index in [1.165, 1.54) is 36.1 Å². The molecule has 76 valence electrons. The summed E-state index contributed by atoms with van der Waals surface area (Å²) in [6.45, 7) is 5.48. The zero-order valence-electron chi connectivity index (χ0n) is 9.14. The maximum Gasteiger partial charge on any atom is 0.0343 e. The zero-order valence-corrected chi connectivity index (χ0v) is 9.14. The normalized spacial score (nSPS) is 16.4. The molecule has 0 amide bonds. The highest BCUT2D eigenvalue weighted by Gasteiger charge is 2.16. The molecule has 0 spiro atoms. The molecule has 0 aliphatic heterocycles. The lowest BCUT2D eigenvalue weighted by molar-refractivity contribution is 0.333. The van der Waals surface area contributed by atoms with Crippen LogP contribution in [0, 0.1) is 19.8 Å². The Morgan fingerprint density at radius 3 is 2.57 bits per heavy atom. The van der Waals surface area contributed by atoms with Gasteiger partial charge >= 0.3 is 0 Å². The second-order valence-corrected chi connectivity index (χ2v) is 4.48. The van der Waals surface area contributed by atoms with Gasteiger partial charge in [0.25, 0.3) is 0 Å². The van der Waals surface area contributed by atoms with Crippen LogP contribution in [0.2, 0.25) is 0 Å². The molecule has 0 aromatic heterocycles.